The Balaban J connectivity index is 2.12. The predicted molar refractivity (Wildman–Crippen MR) is 111 cm³/mol. The van der Waals surface area contributed by atoms with Crippen molar-refractivity contribution >= 4 is 23.2 Å². The number of carbonyl (C=O) groups is 2. The molecule has 0 unspecified atom stereocenters. The van der Waals surface area contributed by atoms with Crippen LogP contribution in [0, 0.1) is 5.92 Å². The fraction of sp³-hybridized carbons (Fsp3) is 0.524. The minimum Gasteiger partial charge on any atom is -0.353 e. The molecule has 0 N–H and O–H groups in total. The molecule has 27 heavy (non-hydrogen) atoms. The Kier molecular flexibility index (Phi) is 8.10. The van der Waals surface area contributed by atoms with Crippen molar-refractivity contribution in [2.45, 2.75) is 40.2 Å². The van der Waals surface area contributed by atoms with Crippen LogP contribution >= 0.6 is 11.3 Å². The van der Waals surface area contributed by atoms with E-state index in [1.54, 1.807) is 4.90 Å². The molecule has 0 atom stereocenters. The predicted octanol–water partition coefficient (Wildman–Crippen LogP) is 4.01. The fourth-order valence-corrected chi connectivity index (χ4v) is 3.66. The molecular weight excluding hydrogens is 358 g/mol. The molecule has 2 amide bonds. The van der Waals surface area contributed by atoms with Gasteiger partial charge in [-0.15, -0.1) is 11.3 Å². The van der Waals surface area contributed by atoms with Crippen LogP contribution in [0.1, 0.15) is 49.0 Å². The number of nitrogens with zero attached hydrogens (tertiary/aromatic N) is 3. The summed E-state index contributed by atoms with van der Waals surface area (Å²) in [6.45, 7) is 8.30. The second-order valence-electron chi connectivity index (χ2n) is 7.34. The van der Waals surface area contributed by atoms with Crippen LogP contribution in [0.4, 0.5) is 0 Å². The lowest BCUT2D eigenvalue weighted by molar-refractivity contribution is -0.133. The van der Waals surface area contributed by atoms with Gasteiger partial charge >= 0.3 is 0 Å². The van der Waals surface area contributed by atoms with E-state index >= 15 is 0 Å². The molecule has 0 saturated heterocycles. The van der Waals surface area contributed by atoms with Gasteiger partial charge in [0.05, 0.1) is 11.4 Å². The Morgan fingerprint density at radius 1 is 1.19 bits per heavy atom. The Morgan fingerprint density at radius 2 is 1.96 bits per heavy atom. The maximum absolute atomic E-state index is 13.1. The van der Waals surface area contributed by atoms with Gasteiger partial charge in [0.25, 0.3) is 5.91 Å². The molecule has 0 aliphatic rings. The maximum Gasteiger partial charge on any atom is 0.264 e. The van der Waals surface area contributed by atoms with Crippen molar-refractivity contribution in [1.29, 1.82) is 0 Å². The lowest BCUT2D eigenvalue weighted by atomic mass is 10.2. The van der Waals surface area contributed by atoms with Crippen LogP contribution in [0.15, 0.2) is 35.8 Å². The van der Waals surface area contributed by atoms with Crippen molar-refractivity contribution < 1.29 is 9.59 Å². The van der Waals surface area contributed by atoms with Crippen molar-refractivity contribution in [3.63, 3.8) is 0 Å². The summed E-state index contributed by atoms with van der Waals surface area (Å²) >= 11 is 1.43. The van der Waals surface area contributed by atoms with E-state index in [4.69, 9.17) is 0 Å². The number of hydrogen-bond acceptors (Lipinski definition) is 3. The summed E-state index contributed by atoms with van der Waals surface area (Å²) in [7, 11) is 1.99. The highest BCUT2D eigenvalue weighted by Crippen LogP contribution is 2.14. The molecule has 0 saturated carbocycles. The topological polar surface area (TPSA) is 45.6 Å². The van der Waals surface area contributed by atoms with Gasteiger partial charge in [-0.2, -0.15) is 0 Å². The number of aromatic nitrogens is 1. The summed E-state index contributed by atoms with van der Waals surface area (Å²) in [5.74, 6) is 0.326. The SMILES string of the molecule is CCCCN(CC(=O)N(Cc1cccn1C)CC(C)C)C(=O)c1cccs1. The largest absolute Gasteiger partial charge is 0.353 e. The Hall–Kier alpha value is -2.08. The van der Waals surface area contributed by atoms with Crippen molar-refractivity contribution in [2.24, 2.45) is 13.0 Å². The van der Waals surface area contributed by atoms with Crippen LogP contribution in [-0.2, 0) is 18.4 Å². The van der Waals surface area contributed by atoms with Gasteiger partial charge in [-0.3, -0.25) is 9.59 Å². The standard InChI is InChI=1S/C21H31N3O2S/c1-5-6-12-23(21(26)19-10-8-13-27-19)16-20(25)24(14-17(2)3)15-18-9-7-11-22(18)4/h7-11,13,17H,5-6,12,14-16H2,1-4H3. The van der Waals surface area contributed by atoms with Crippen molar-refractivity contribution in [3.8, 4) is 0 Å². The lowest BCUT2D eigenvalue weighted by Gasteiger charge is -2.29. The van der Waals surface area contributed by atoms with Gasteiger partial charge in [0, 0.05) is 32.0 Å². The number of thiophene rings is 1. The van der Waals surface area contributed by atoms with Gasteiger partial charge in [-0.25, -0.2) is 0 Å². The molecule has 0 fully saturated rings. The first kappa shape index (κ1) is 21.2. The van der Waals surface area contributed by atoms with E-state index in [2.05, 4.69) is 20.8 Å². The van der Waals surface area contributed by atoms with E-state index in [-0.39, 0.29) is 18.4 Å². The normalized spacial score (nSPS) is 11.0. The highest BCUT2D eigenvalue weighted by molar-refractivity contribution is 7.12. The highest BCUT2D eigenvalue weighted by Gasteiger charge is 2.23. The van der Waals surface area contributed by atoms with Gasteiger partial charge in [-0.1, -0.05) is 33.3 Å². The Bertz CT molecular complexity index is 722. The number of aryl methyl sites for hydroxylation is 1. The molecule has 0 aromatic carbocycles. The van der Waals surface area contributed by atoms with Crippen molar-refractivity contribution in [1.82, 2.24) is 14.4 Å². The molecule has 2 rings (SSSR count). The van der Waals surface area contributed by atoms with E-state index < -0.39 is 0 Å². The minimum absolute atomic E-state index is 0.00547. The summed E-state index contributed by atoms with van der Waals surface area (Å²) in [5.41, 5.74) is 1.09. The number of rotatable bonds is 10. The zero-order valence-electron chi connectivity index (χ0n) is 16.9. The summed E-state index contributed by atoms with van der Waals surface area (Å²) in [6.07, 6.45) is 3.87. The summed E-state index contributed by atoms with van der Waals surface area (Å²) in [6, 6.07) is 7.72. The van der Waals surface area contributed by atoms with E-state index in [1.807, 2.05) is 52.4 Å². The molecule has 2 aromatic heterocycles. The van der Waals surface area contributed by atoms with E-state index in [1.165, 1.54) is 11.3 Å². The quantitative estimate of drug-likeness (QED) is 0.616. The van der Waals surface area contributed by atoms with E-state index in [0.717, 1.165) is 18.5 Å². The van der Waals surface area contributed by atoms with Crippen LogP contribution in [0.5, 0.6) is 0 Å². The van der Waals surface area contributed by atoms with Crippen LogP contribution in [0.25, 0.3) is 0 Å². The molecule has 2 aromatic rings. The molecule has 0 spiro atoms. The van der Waals surface area contributed by atoms with Gasteiger partial charge in [0.1, 0.15) is 6.54 Å². The van der Waals surface area contributed by atoms with Gasteiger partial charge < -0.3 is 14.4 Å². The van der Waals surface area contributed by atoms with E-state index in [0.29, 0.717) is 30.4 Å². The number of unbranched alkanes of at least 4 members (excludes halogenated alkanes) is 1. The van der Waals surface area contributed by atoms with Crippen LogP contribution in [0.3, 0.4) is 0 Å². The van der Waals surface area contributed by atoms with Crippen molar-refractivity contribution in [2.75, 3.05) is 19.6 Å². The third-order valence-corrected chi connectivity index (χ3v) is 5.33. The first-order valence-electron chi connectivity index (χ1n) is 9.63. The third kappa shape index (κ3) is 6.24. The smallest absolute Gasteiger partial charge is 0.264 e. The molecule has 0 radical (unpaired) electrons. The maximum atomic E-state index is 13.1. The average molecular weight is 390 g/mol. The molecule has 2 heterocycles. The van der Waals surface area contributed by atoms with Gasteiger partial charge in [0.2, 0.25) is 5.91 Å². The van der Waals surface area contributed by atoms with Gasteiger partial charge in [0.15, 0.2) is 0 Å². The number of amides is 2. The zero-order valence-corrected chi connectivity index (χ0v) is 17.7. The second kappa shape index (κ2) is 10.3. The third-order valence-electron chi connectivity index (χ3n) is 4.47. The first-order valence-corrected chi connectivity index (χ1v) is 10.5. The summed E-state index contributed by atoms with van der Waals surface area (Å²) < 4.78 is 2.03. The van der Waals surface area contributed by atoms with Crippen molar-refractivity contribution in [3.05, 3.63) is 46.4 Å². The minimum atomic E-state index is -0.0461. The molecular formula is C21H31N3O2S. The summed E-state index contributed by atoms with van der Waals surface area (Å²) in [5, 5.41) is 1.90. The molecule has 0 aliphatic carbocycles. The van der Waals surface area contributed by atoms with Gasteiger partial charge in [-0.05, 0) is 35.9 Å². The second-order valence-corrected chi connectivity index (χ2v) is 8.28. The molecule has 148 valence electrons. The van der Waals surface area contributed by atoms with Crippen LogP contribution < -0.4 is 0 Å². The van der Waals surface area contributed by atoms with E-state index in [9.17, 15) is 9.59 Å². The molecule has 0 bridgehead atoms. The zero-order chi connectivity index (χ0) is 19.8. The fourth-order valence-electron chi connectivity index (χ4n) is 2.97. The van der Waals surface area contributed by atoms with Crippen LogP contribution in [-0.4, -0.2) is 45.8 Å². The average Bonchev–Trinajstić information content (AvgIpc) is 3.29. The number of carbonyl (C=O) groups excluding carboxylic acids is 2. The number of hydrogen-bond donors (Lipinski definition) is 0. The highest BCUT2D eigenvalue weighted by atomic mass is 32.1. The Labute approximate surface area is 166 Å². The molecule has 5 nitrogen and oxygen atoms in total. The first-order chi connectivity index (χ1) is 12.9. The summed E-state index contributed by atoms with van der Waals surface area (Å²) in [4.78, 5) is 30.2. The Morgan fingerprint density at radius 3 is 2.52 bits per heavy atom. The monoisotopic (exact) mass is 389 g/mol. The lowest BCUT2D eigenvalue weighted by Crippen LogP contribution is -2.44. The molecule has 6 heteroatoms. The van der Waals surface area contributed by atoms with Crippen LogP contribution in [0.2, 0.25) is 0 Å². The molecule has 0 aliphatic heterocycles.